The van der Waals surface area contributed by atoms with E-state index in [1.165, 1.54) is 18.2 Å². The number of carbonyl (C=O) groups excluding carboxylic acids is 4. The number of carboxylic acid groups (broad SMARTS) is 1. The molecule has 2 aromatic carbocycles. The second-order valence-corrected chi connectivity index (χ2v) is 21.9. The van der Waals surface area contributed by atoms with Gasteiger partial charge in [-0.1, -0.05) is 54.6 Å². The van der Waals surface area contributed by atoms with Crippen LogP contribution in [0.15, 0.2) is 64.5 Å². The molecule has 0 spiro atoms. The number of unbranched alkanes of at least 4 members (excludes halogenated alkanes) is 1. The van der Waals surface area contributed by atoms with Crippen LogP contribution in [0.4, 0.5) is 13.2 Å². The summed E-state index contributed by atoms with van der Waals surface area (Å²) in [5.74, 6) is -2.59. The number of aromatic nitrogens is 1. The van der Waals surface area contributed by atoms with Crippen molar-refractivity contribution < 1.29 is 55.4 Å². The molecule has 74 heavy (non-hydrogen) atoms. The van der Waals surface area contributed by atoms with Gasteiger partial charge in [0.25, 0.3) is 0 Å². The second-order valence-electron chi connectivity index (χ2n) is 19.5. The average molecular weight is 1090 g/mol. The van der Waals surface area contributed by atoms with E-state index in [4.69, 9.17) is 43.6 Å². The minimum Gasteiger partial charge on any atom is -0.487 e. The zero-order chi connectivity index (χ0) is 53.9. The van der Waals surface area contributed by atoms with E-state index in [1.807, 2.05) is 60.8 Å². The number of fused-ring (bicyclic) bond motifs is 1. The fourth-order valence-corrected chi connectivity index (χ4v) is 11.6. The van der Waals surface area contributed by atoms with E-state index in [2.05, 4.69) is 14.6 Å². The predicted octanol–water partition coefficient (Wildman–Crippen LogP) is 4.87. The van der Waals surface area contributed by atoms with Crippen molar-refractivity contribution in [3.8, 4) is 5.75 Å². The third kappa shape index (κ3) is 13.5. The van der Waals surface area contributed by atoms with E-state index in [9.17, 15) is 40.8 Å². The number of alkyl halides is 3. The number of hydrogen-bond donors (Lipinski definition) is 3. The molecule has 2 aliphatic carbocycles. The third-order valence-electron chi connectivity index (χ3n) is 13.4. The lowest BCUT2D eigenvalue weighted by Gasteiger charge is -2.40. The Balaban J connectivity index is 0.000000269. The summed E-state index contributed by atoms with van der Waals surface area (Å²) in [7, 11) is -0.250. The molecular formula is C50H62Cl2F3N9O9S. The third-order valence-corrected chi connectivity index (χ3v) is 15.9. The maximum absolute atomic E-state index is 14.1. The molecule has 1 saturated carbocycles. The number of pyridine rings is 1. The first-order valence-corrected chi connectivity index (χ1v) is 26.8. The number of sulfonamides is 1. The van der Waals surface area contributed by atoms with Crippen LogP contribution in [0.3, 0.4) is 0 Å². The summed E-state index contributed by atoms with van der Waals surface area (Å²) in [5, 5.41) is 8.25. The second kappa shape index (κ2) is 23.2. The summed E-state index contributed by atoms with van der Waals surface area (Å²) < 4.78 is 68.7. The van der Waals surface area contributed by atoms with E-state index < -0.39 is 33.7 Å². The van der Waals surface area contributed by atoms with Crippen LogP contribution in [0.25, 0.3) is 10.9 Å². The van der Waals surface area contributed by atoms with Gasteiger partial charge in [-0.3, -0.25) is 19.2 Å². The molecule has 402 valence electrons. The summed E-state index contributed by atoms with van der Waals surface area (Å²) in [6, 6.07) is 9.88. The number of nitrogens with one attached hydrogen (secondary N) is 1. The minimum absolute atomic E-state index is 0.00546. The molecule has 4 N–H and O–H groups in total. The Hall–Kier alpha value is -5.52. The summed E-state index contributed by atoms with van der Waals surface area (Å²) in [4.78, 5) is 76.4. The number of ketones is 2. The molecule has 1 unspecified atom stereocenters. The highest BCUT2D eigenvalue weighted by Gasteiger charge is 2.48. The Morgan fingerprint density at radius 2 is 1.49 bits per heavy atom. The summed E-state index contributed by atoms with van der Waals surface area (Å²) in [6.45, 7) is 11.5. The van der Waals surface area contributed by atoms with E-state index in [0.717, 1.165) is 75.3 Å². The number of carbonyl (C=O) groups is 5. The highest BCUT2D eigenvalue weighted by molar-refractivity contribution is 7.89. The molecule has 18 nitrogen and oxygen atoms in total. The monoisotopic (exact) mass is 1090 g/mol. The molecule has 6 aliphatic rings. The van der Waals surface area contributed by atoms with Crippen molar-refractivity contribution in [3.05, 3.63) is 86.4 Å². The van der Waals surface area contributed by atoms with Gasteiger partial charge in [0.15, 0.2) is 0 Å². The minimum atomic E-state index is -5.08. The molecule has 1 atom stereocenters. The van der Waals surface area contributed by atoms with Crippen molar-refractivity contribution >= 4 is 73.5 Å². The molecule has 0 radical (unpaired) electrons. The molecule has 9 rings (SSSR count). The van der Waals surface area contributed by atoms with E-state index in [-0.39, 0.29) is 44.9 Å². The highest BCUT2D eigenvalue weighted by atomic mass is 35.5. The largest absolute Gasteiger partial charge is 0.490 e. The Morgan fingerprint density at radius 3 is 2.07 bits per heavy atom. The maximum Gasteiger partial charge on any atom is 0.490 e. The SMILES string of the molecule is Cc1cc(C)c2cccc(OCc3c(Cl)ccc(S(=O)(=O)NC4(C(=O)N5CCN(C(=O)C(N)CCCCN(C)C)CC5)CCCC4)c3Cl)c2n1.O=C(O)C(F)(F)F.O=C1C=C(N2CC2)C(=O)C(N2CC2)=C1N1CC1. The van der Waals surface area contributed by atoms with Crippen LogP contribution >= 0.6 is 23.2 Å². The lowest BCUT2D eigenvalue weighted by atomic mass is 9.96. The number of piperazine rings is 1. The van der Waals surface area contributed by atoms with Crippen LogP contribution in [0.1, 0.15) is 61.8 Å². The van der Waals surface area contributed by atoms with Gasteiger partial charge in [-0.25, -0.2) is 18.2 Å². The molecule has 24 heteroatoms. The van der Waals surface area contributed by atoms with Gasteiger partial charge in [0.05, 0.1) is 16.8 Å². The van der Waals surface area contributed by atoms with Gasteiger partial charge in [0, 0.05) is 93.2 Å². The van der Waals surface area contributed by atoms with Crippen LogP contribution in [0.2, 0.25) is 10.0 Å². The smallest absolute Gasteiger partial charge is 0.487 e. The molecule has 4 aliphatic heterocycles. The molecule has 5 heterocycles. The molecule has 3 aromatic rings. The Bertz CT molecular complexity index is 2840. The Morgan fingerprint density at radius 1 is 0.892 bits per heavy atom. The number of para-hydroxylation sites is 1. The van der Waals surface area contributed by atoms with Gasteiger partial charge in [-0.05, 0) is 90.0 Å². The van der Waals surface area contributed by atoms with Crippen molar-refractivity contribution in [1.29, 1.82) is 0 Å². The number of amides is 2. The van der Waals surface area contributed by atoms with Crippen molar-refractivity contribution in [2.75, 3.05) is 86.1 Å². The standard InChI is InChI=1S/C36H48Cl2N6O5S.C12H13N3O2.C2HF3O2/c1-24-22-25(2)40-33-26(24)10-9-12-30(33)49-23-27-28(37)13-14-31(32(27)38)50(47,48)41-36(15-6-7-16-36)35(46)44-20-18-43(19-21-44)34(45)29(39)11-5-8-17-42(3)4;16-9-7-8(13-1-2-13)12(17)11(15-5-6-15)10(9)14-3-4-14;3-2(4,5)1(6)7/h9-10,12-14,22,29,41H,5-8,11,15-21,23,39H2,1-4H3;7H,1-6H2;(H,6,7). The quantitative estimate of drug-likeness (QED) is 0.0991. The van der Waals surface area contributed by atoms with Crippen LogP contribution < -0.4 is 15.2 Å². The van der Waals surface area contributed by atoms with E-state index >= 15 is 0 Å². The number of hydrogen-bond acceptors (Lipinski definition) is 14. The van der Waals surface area contributed by atoms with E-state index in [1.54, 1.807) is 15.9 Å². The van der Waals surface area contributed by atoms with Crippen molar-refractivity contribution in [2.24, 2.45) is 5.73 Å². The number of benzene rings is 2. The number of aryl methyl sites for hydroxylation is 2. The number of Topliss-reactive ketones (excluding diaryl/α,β-unsaturated/α-hetero) is 1. The molecule has 1 aromatic heterocycles. The Labute approximate surface area is 438 Å². The number of ether oxygens (including phenoxy) is 1. The first-order chi connectivity index (χ1) is 34.9. The van der Waals surface area contributed by atoms with Crippen LogP contribution in [-0.4, -0.2) is 181 Å². The fourth-order valence-electron chi connectivity index (χ4n) is 9.25. The zero-order valence-corrected chi connectivity index (χ0v) is 44.1. The van der Waals surface area contributed by atoms with Crippen LogP contribution in [0, 0.1) is 13.8 Å². The number of rotatable bonds is 16. The van der Waals surface area contributed by atoms with Gasteiger partial charge in [-0.15, -0.1) is 0 Å². The van der Waals surface area contributed by atoms with Crippen molar-refractivity contribution in [1.82, 2.24) is 39.1 Å². The lowest BCUT2D eigenvalue weighted by Crippen LogP contribution is -2.62. The first-order valence-electron chi connectivity index (χ1n) is 24.5. The topological polar surface area (TPSA) is 219 Å². The average Bonchev–Trinajstić information content (AvgIpc) is 4.21. The van der Waals surface area contributed by atoms with Crippen molar-refractivity contribution in [2.45, 2.75) is 88.1 Å². The first kappa shape index (κ1) is 56.2. The summed E-state index contributed by atoms with van der Waals surface area (Å²) >= 11 is 13.3. The molecular weight excluding hydrogens is 1030 g/mol. The van der Waals surface area contributed by atoms with Gasteiger partial charge < -0.3 is 45.0 Å². The lowest BCUT2D eigenvalue weighted by molar-refractivity contribution is -0.192. The van der Waals surface area contributed by atoms with Gasteiger partial charge in [-0.2, -0.15) is 17.9 Å². The van der Waals surface area contributed by atoms with E-state index in [0.29, 0.717) is 92.2 Å². The summed E-state index contributed by atoms with van der Waals surface area (Å²) in [6.07, 6.45) is 0.980. The number of aliphatic carboxylic acids is 1. The zero-order valence-electron chi connectivity index (χ0n) is 41.8. The fraction of sp³-hybridized carbons (Fsp3) is 0.520. The van der Waals surface area contributed by atoms with Crippen molar-refractivity contribution in [3.63, 3.8) is 0 Å². The number of nitrogens with zero attached hydrogens (tertiary/aromatic N) is 7. The van der Waals surface area contributed by atoms with Crippen LogP contribution in [0.5, 0.6) is 5.75 Å². The number of allylic oxidation sites excluding steroid dienone is 1. The Kier molecular flexibility index (Phi) is 17.6. The van der Waals surface area contributed by atoms with Crippen LogP contribution in [-0.2, 0) is 40.6 Å². The number of nitrogens with two attached hydrogens (primary N) is 1. The normalized spacial score (nSPS) is 18.7. The maximum atomic E-state index is 14.1. The number of halogens is 5. The molecule has 4 saturated heterocycles. The van der Waals surface area contributed by atoms with Gasteiger partial charge >= 0.3 is 12.1 Å². The molecule has 5 fully saturated rings. The van der Waals surface area contributed by atoms with Gasteiger partial charge in [0.1, 0.15) is 39.7 Å². The molecule has 0 bridgehead atoms. The highest BCUT2D eigenvalue weighted by Crippen LogP contribution is 2.38. The predicted molar refractivity (Wildman–Crippen MR) is 271 cm³/mol. The summed E-state index contributed by atoms with van der Waals surface area (Å²) in [5.41, 5.74) is 9.69. The molecule has 2 amide bonds. The number of carboxylic acids is 1. The van der Waals surface area contributed by atoms with Gasteiger partial charge in [0.2, 0.25) is 33.4 Å².